The average Bonchev–Trinajstić information content (AvgIpc) is 2.57. The summed E-state index contributed by atoms with van der Waals surface area (Å²) in [5.41, 5.74) is 1.44. The van der Waals surface area contributed by atoms with Crippen molar-refractivity contribution in [1.29, 1.82) is 0 Å². The van der Waals surface area contributed by atoms with Gasteiger partial charge in [0.15, 0.2) is 0 Å². The van der Waals surface area contributed by atoms with Crippen molar-refractivity contribution in [1.82, 2.24) is 9.97 Å². The van der Waals surface area contributed by atoms with E-state index in [-0.39, 0.29) is 0 Å². The van der Waals surface area contributed by atoms with Gasteiger partial charge < -0.3 is 9.32 Å². The van der Waals surface area contributed by atoms with Crippen molar-refractivity contribution in [3.05, 3.63) is 16.7 Å². The van der Waals surface area contributed by atoms with Crippen LogP contribution in [0.4, 0.5) is 6.01 Å². The highest BCUT2D eigenvalue weighted by Crippen LogP contribution is 2.24. The van der Waals surface area contributed by atoms with Crippen LogP contribution >= 0.6 is 15.9 Å². The first kappa shape index (κ1) is 11.0. The number of anilines is 1. The minimum atomic E-state index is 0.618. The Labute approximate surface area is 108 Å². The van der Waals surface area contributed by atoms with E-state index >= 15 is 0 Å². The lowest BCUT2D eigenvalue weighted by Gasteiger charge is -2.16. The van der Waals surface area contributed by atoms with Gasteiger partial charge in [0.2, 0.25) is 5.71 Å². The molecule has 0 aliphatic carbocycles. The monoisotopic (exact) mass is 295 g/mol. The molecular weight excluding hydrogens is 282 g/mol. The SMILES string of the molecule is Brc1cnc2oc(N3CCCCCC3)nc2c1. The summed E-state index contributed by atoms with van der Waals surface area (Å²) in [6, 6.07) is 2.65. The van der Waals surface area contributed by atoms with E-state index in [1.807, 2.05) is 6.07 Å². The summed E-state index contributed by atoms with van der Waals surface area (Å²) in [5, 5.41) is 0. The van der Waals surface area contributed by atoms with Crippen LogP contribution < -0.4 is 4.90 Å². The molecule has 0 unspecified atom stereocenters. The molecule has 0 radical (unpaired) electrons. The molecule has 0 saturated carbocycles. The van der Waals surface area contributed by atoms with E-state index in [4.69, 9.17) is 4.42 Å². The lowest BCUT2D eigenvalue weighted by Crippen LogP contribution is -2.23. The molecule has 1 aliphatic heterocycles. The van der Waals surface area contributed by atoms with E-state index in [9.17, 15) is 0 Å². The molecule has 2 aromatic rings. The second-order valence-corrected chi connectivity index (χ2v) is 5.29. The van der Waals surface area contributed by atoms with Crippen LogP contribution in [0.1, 0.15) is 25.7 Å². The Hall–Kier alpha value is -1.10. The zero-order chi connectivity index (χ0) is 11.7. The van der Waals surface area contributed by atoms with Crippen molar-refractivity contribution in [2.45, 2.75) is 25.7 Å². The first-order chi connectivity index (χ1) is 8.33. The predicted molar refractivity (Wildman–Crippen MR) is 70.2 cm³/mol. The van der Waals surface area contributed by atoms with Gasteiger partial charge >= 0.3 is 0 Å². The Kier molecular flexibility index (Phi) is 3.01. The topological polar surface area (TPSA) is 42.2 Å². The molecule has 0 atom stereocenters. The average molecular weight is 296 g/mol. The predicted octanol–water partition coefficient (Wildman–Crippen LogP) is 3.37. The molecule has 1 saturated heterocycles. The summed E-state index contributed by atoms with van der Waals surface area (Å²) in [6.45, 7) is 2.07. The number of hydrogen-bond donors (Lipinski definition) is 0. The first-order valence-electron chi connectivity index (χ1n) is 6.00. The van der Waals surface area contributed by atoms with Crippen molar-refractivity contribution < 1.29 is 4.42 Å². The van der Waals surface area contributed by atoms with Crippen molar-refractivity contribution in [3.63, 3.8) is 0 Å². The molecule has 4 nitrogen and oxygen atoms in total. The molecule has 1 fully saturated rings. The molecule has 0 spiro atoms. The Balaban J connectivity index is 1.93. The highest BCUT2D eigenvalue weighted by atomic mass is 79.9. The van der Waals surface area contributed by atoms with Crippen LogP contribution in [-0.2, 0) is 0 Å². The molecule has 3 rings (SSSR count). The third kappa shape index (κ3) is 2.29. The molecule has 5 heteroatoms. The maximum atomic E-state index is 5.70. The lowest BCUT2D eigenvalue weighted by molar-refractivity contribution is 0.559. The van der Waals surface area contributed by atoms with Crippen LogP contribution in [0.5, 0.6) is 0 Å². The summed E-state index contributed by atoms with van der Waals surface area (Å²) in [6.07, 6.45) is 6.78. The fourth-order valence-corrected chi connectivity index (χ4v) is 2.50. The molecule has 0 bridgehead atoms. The number of aromatic nitrogens is 2. The van der Waals surface area contributed by atoms with Gasteiger partial charge in [-0.25, -0.2) is 4.98 Å². The Bertz CT molecular complexity index is 517. The van der Waals surface area contributed by atoms with Crippen molar-refractivity contribution in [2.24, 2.45) is 0 Å². The van der Waals surface area contributed by atoms with Crippen molar-refractivity contribution >= 4 is 33.2 Å². The van der Waals surface area contributed by atoms with E-state index in [2.05, 4.69) is 30.8 Å². The highest BCUT2D eigenvalue weighted by molar-refractivity contribution is 9.10. The van der Waals surface area contributed by atoms with Gasteiger partial charge in [0.25, 0.3) is 6.01 Å². The number of rotatable bonds is 1. The third-order valence-electron chi connectivity index (χ3n) is 3.08. The molecule has 90 valence electrons. The minimum Gasteiger partial charge on any atom is -0.404 e. The van der Waals surface area contributed by atoms with Crippen molar-refractivity contribution in [3.8, 4) is 0 Å². The minimum absolute atomic E-state index is 0.618. The second kappa shape index (κ2) is 4.64. The van der Waals surface area contributed by atoms with Gasteiger partial charge in [0.05, 0.1) is 0 Å². The molecule has 0 N–H and O–H groups in total. The summed E-state index contributed by atoms with van der Waals surface area (Å²) >= 11 is 3.39. The van der Waals surface area contributed by atoms with Gasteiger partial charge in [-0.1, -0.05) is 12.8 Å². The van der Waals surface area contributed by atoms with Crippen LogP contribution in [0.2, 0.25) is 0 Å². The van der Waals surface area contributed by atoms with Gasteiger partial charge in [0.1, 0.15) is 5.52 Å². The van der Waals surface area contributed by atoms with Gasteiger partial charge in [-0.15, -0.1) is 0 Å². The van der Waals surface area contributed by atoms with Crippen molar-refractivity contribution in [2.75, 3.05) is 18.0 Å². The standard InChI is InChI=1S/C12H14BrN3O/c13-9-7-10-11(14-8-9)17-12(15-10)16-5-3-1-2-4-6-16/h7-8H,1-6H2. The summed E-state index contributed by atoms with van der Waals surface area (Å²) < 4.78 is 6.63. The van der Waals surface area contributed by atoms with Crippen LogP contribution in [-0.4, -0.2) is 23.1 Å². The molecule has 17 heavy (non-hydrogen) atoms. The Morgan fingerprint density at radius 3 is 2.71 bits per heavy atom. The van der Waals surface area contributed by atoms with E-state index in [1.165, 1.54) is 25.7 Å². The molecule has 1 aliphatic rings. The summed E-state index contributed by atoms with van der Waals surface area (Å²) in [4.78, 5) is 10.9. The van der Waals surface area contributed by atoms with Crippen LogP contribution in [0.15, 0.2) is 21.2 Å². The fraction of sp³-hybridized carbons (Fsp3) is 0.500. The second-order valence-electron chi connectivity index (χ2n) is 4.38. The Morgan fingerprint density at radius 2 is 1.94 bits per heavy atom. The van der Waals surface area contributed by atoms with E-state index < -0.39 is 0 Å². The van der Waals surface area contributed by atoms with Crippen LogP contribution in [0, 0.1) is 0 Å². The number of oxazole rings is 1. The van der Waals surface area contributed by atoms with Crippen LogP contribution in [0.25, 0.3) is 11.2 Å². The normalized spacial score (nSPS) is 17.4. The summed E-state index contributed by atoms with van der Waals surface area (Å²) in [7, 11) is 0. The zero-order valence-electron chi connectivity index (χ0n) is 9.53. The molecular formula is C12H14BrN3O. The molecule has 0 amide bonds. The smallest absolute Gasteiger partial charge is 0.299 e. The summed E-state index contributed by atoms with van der Waals surface area (Å²) in [5.74, 6) is 0. The quantitative estimate of drug-likeness (QED) is 0.809. The van der Waals surface area contributed by atoms with E-state index in [1.54, 1.807) is 6.20 Å². The number of halogens is 1. The van der Waals surface area contributed by atoms with Gasteiger partial charge in [0, 0.05) is 23.8 Å². The zero-order valence-corrected chi connectivity index (χ0v) is 11.1. The Morgan fingerprint density at radius 1 is 1.18 bits per heavy atom. The lowest BCUT2D eigenvalue weighted by atomic mass is 10.2. The molecule has 0 aromatic carbocycles. The van der Waals surface area contributed by atoms with E-state index in [0.29, 0.717) is 11.7 Å². The van der Waals surface area contributed by atoms with Gasteiger partial charge in [-0.2, -0.15) is 4.98 Å². The molecule has 2 aromatic heterocycles. The fourth-order valence-electron chi connectivity index (χ4n) is 2.18. The maximum Gasteiger partial charge on any atom is 0.299 e. The third-order valence-corrected chi connectivity index (χ3v) is 3.51. The number of pyridine rings is 1. The number of fused-ring (bicyclic) bond motifs is 1. The van der Waals surface area contributed by atoms with E-state index in [0.717, 1.165) is 23.1 Å². The van der Waals surface area contributed by atoms with Gasteiger partial charge in [-0.05, 0) is 34.8 Å². The van der Waals surface area contributed by atoms with Crippen LogP contribution in [0.3, 0.4) is 0 Å². The first-order valence-corrected chi connectivity index (χ1v) is 6.79. The highest BCUT2D eigenvalue weighted by Gasteiger charge is 2.16. The maximum absolute atomic E-state index is 5.70. The number of hydrogen-bond acceptors (Lipinski definition) is 4. The largest absolute Gasteiger partial charge is 0.404 e. The molecule has 3 heterocycles. The van der Waals surface area contributed by atoms with Gasteiger partial charge in [-0.3, -0.25) is 0 Å². The number of nitrogens with zero attached hydrogens (tertiary/aromatic N) is 3.